The Hall–Kier alpha value is -3.18. The first-order valence-corrected chi connectivity index (χ1v) is 9.82. The van der Waals surface area contributed by atoms with Gasteiger partial charge in [0.15, 0.2) is 0 Å². The van der Waals surface area contributed by atoms with E-state index in [1.54, 1.807) is 4.90 Å². The number of pyridine rings is 1. The Balaban J connectivity index is 1.49. The molecule has 3 aromatic rings. The second-order valence-electron chi connectivity index (χ2n) is 7.70. The van der Waals surface area contributed by atoms with Crippen molar-refractivity contribution in [3.05, 3.63) is 83.0 Å². The Morgan fingerprint density at radius 1 is 1.07 bits per heavy atom. The lowest BCUT2D eigenvalue weighted by molar-refractivity contribution is 0.0785. The van der Waals surface area contributed by atoms with Gasteiger partial charge in [0.2, 0.25) is 0 Å². The Kier molecular flexibility index (Phi) is 5.32. The van der Waals surface area contributed by atoms with E-state index >= 15 is 0 Å². The van der Waals surface area contributed by atoms with Crippen LogP contribution in [-0.2, 0) is 19.6 Å². The highest BCUT2D eigenvalue weighted by Crippen LogP contribution is 2.24. The molecule has 4 rings (SSSR count). The van der Waals surface area contributed by atoms with Crippen LogP contribution in [0.25, 0.3) is 11.1 Å². The van der Waals surface area contributed by atoms with Crippen LogP contribution in [0.2, 0.25) is 0 Å². The quantitative estimate of drug-likeness (QED) is 0.720. The maximum atomic E-state index is 13.0. The number of carbonyl (C=O) groups is 1. The van der Waals surface area contributed by atoms with Crippen molar-refractivity contribution in [3.8, 4) is 11.1 Å². The predicted octanol–water partition coefficient (Wildman–Crippen LogP) is 4.01. The van der Waals surface area contributed by atoms with Crippen molar-refractivity contribution in [2.24, 2.45) is 0 Å². The van der Waals surface area contributed by atoms with Crippen molar-refractivity contribution in [2.75, 3.05) is 26.5 Å². The van der Waals surface area contributed by atoms with Crippen LogP contribution in [-0.4, -0.2) is 41.8 Å². The third-order valence-electron chi connectivity index (χ3n) is 5.38. The minimum atomic E-state index is 0.0178. The maximum absolute atomic E-state index is 13.0. The van der Waals surface area contributed by atoms with Gasteiger partial charge in [0, 0.05) is 51.1 Å². The molecule has 1 aliphatic rings. The molecule has 0 spiro atoms. The number of amides is 1. The molecular weight excluding hydrogens is 360 g/mol. The van der Waals surface area contributed by atoms with Gasteiger partial charge in [0.25, 0.3) is 5.91 Å². The third-order valence-corrected chi connectivity index (χ3v) is 5.38. The van der Waals surface area contributed by atoms with Crippen molar-refractivity contribution in [3.63, 3.8) is 0 Å². The molecule has 1 N–H and O–H groups in total. The highest BCUT2D eigenvalue weighted by Gasteiger charge is 2.17. The highest BCUT2D eigenvalue weighted by molar-refractivity contribution is 5.95. The molecule has 1 aromatic heterocycles. The summed E-state index contributed by atoms with van der Waals surface area (Å²) in [5.41, 5.74) is 6.58. The van der Waals surface area contributed by atoms with E-state index in [4.69, 9.17) is 0 Å². The predicted molar refractivity (Wildman–Crippen MR) is 117 cm³/mol. The second-order valence-corrected chi connectivity index (χ2v) is 7.70. The molecule has 0 aliphatic carbocycles. The smallest absolute Gasteiger partial charge is 0.253 e. The number of rotatable bonds is 5. The minimum Gasteiger partial charge on any atom is -0.373 e. The second kappa shape index (κ2) is 8.05. The minimum absolute atomic E-state index is 0.0178. The van der Waals surface area contributed by atoms with Gasteiger partial charge in [-0.25, -0.2) is 4.98 Å². The summed E-state index contributed by atoms with van der Waals surface area (Å²) in [6.45, 7) is 2.57. The lowest BCUT2D eigenvalue weighted by Gasteiger charge is -2.18. The molecule has 0 unspecified atom stereocenters. The topological polar surface area (TPSA) is 48.5 Å². The third kappa shape index (κ3) is 4.15. The molecule has 5 nitrogen and oxygen atoms in total. The number of carbonyl (C=O) groups excluding carboxylic acids is 1. The molecule has 148 valence electrons. The van der Waals surface area contributed by atoms with Crippen molar-refractivity contribution < 1.29 is 4.79 Å². The molecule has 0 saturated heterocycles. The van der Waals surface area contributed by atoms with Gasteiger partial charge in [-0.2, -0.15) is 0 Å². The van der Waals surface area contributed by atoms with Crippen molar-refractivity contribution in [1.82, 2.24) is 14.8 Å². The number of nitrogens with one attached hydrogen (secondary N) is 1. The fourth-order valence-electron chi connectivity index (χ4n) is 3.83. The summed E-state index contributed by atoms with van der Waals surface area (Å²) >= 11 is 0. The molecule has 0 fully saturated rings. The summed E-state index contributed by atoms with van der Waals surface area (Å²) in [6.07, 6.45) is 1.82. The molecule has 1 amide bonds. The number of benzene rings is 2. The molecule has 2 aromatic carbocycles. The molecule has 0 atom stereocenters. The number of nitrogens with zero attached hydrogens (tertiary/aromatic N) is 3. The van der Waals surface area contributed by atoms with E-state index in [9.17, 15) is 4.79 Å². The average Bonchev–Trinajstić information content (AvgIpc) is 3.12. The fourth-order valence-corrected chi connectivity index (χ4v) is 3.83. The standard InChI is InChI=1S/C24H26N4O/c1-25-23-10-9-20(13-26-23)18-5-4-6-19(12-18)24(29)28(3)14-17-7-8-21-15-27(2)16-22(21)11-17/h4-13H,14-16H2,1-3H3,(H,25,26). The van der Waals surface area contributed by atoms with Gasteiger partial charge in [-0.1, -0.05) is 30.3 Å². The Bertz CT molecular complexity index is 1030. The molecular formula is C24H26N4O. The number of fused-ring (bicyclic) bond motifs is 1. The molecule has 1 aliphatic heterocycles. The van der Waals surface area contributed by atoms with Crippen LogP contribution in [0.4, 0.5) is 5.82 Å². The highest BCUT2D eigenvalue weighted by atomic mass is 16.2. The van der Waals surface area contributed by atoms with Crippen LogP contribution >= 0.6 is 0 Å². The van der Waals surface area contributed by atoms with E-state index in [1.807, 2.05) is 56.7 Å². The van der Waals surface area contributed by atoms with Crippen LogP contribution in [0.3, 0.4) is 0 Å². The Labute approximate surface area is 172 Å². The largest absolute Gasteiger partial charge is 0.373 e. The summed E-state index contributed by atoms with van der Waals surface area (Å²) in [7, 11) is 5.83. The first kappa shape index (κ1) is 19.2. The van der Waals surface area contributed by atoms with Crippen LogP contribution in [0.15, 0.2) is 60.8 Å². The SMILES string of the molecule is CNc1ccc(-c2cccc(C(=O)N(C)Cc3ccc4c(c3)CN(C)C4)c2)cn1. The van der Waals surface area contributed by atoms with Crippen LogP contribution in [0.5, 0.6) is 0 Å². The lowest BCUT2D eigenvalue weighted by Crippen LogP contribution is -2.26. The van der Waals surface area contributed by atoms with E-state index in [2.05, 4.69) is 40.4 Å². The lowest BCUT2D eigenvalue weighted by atomic mass is 10.0. The zero-order valence-electron chi connectivity index (χ0n) is 17.1. The van der Waals surface area contributed by atoms with Gasteiger partial charge in [0.05, 0.1) is 0 Å². The summed E-state index contributed by atoms with van der Waals surface area (Å²) in [6, 6.07) is 18.2. The van der Waals surface area contributed by atoms with E-state index in [0.29, 0.717) is 12.1 Å². The van der Waals surface area contributed by atoms with Crippen molar-refractivity contribution >= 4 is 11.7 Å². The zero-order chi connectivity index (χ0) is 20.4. The summed E-state index contributed by atoms with van der Waals surface area (Å²) in [5.74, 6) is 0.838. The van der Waals surface area contributed by atoms with Gasteiger partial charge in [-0.05, 0) is 53.6 Å². The fraction of sp³-hybridized carbons (Fsp3) is 0.250. The number of anilines is 1. The van der Waals surface area contributed by atoms with E-state index in [0.717, 1.165) is 35.6 Å². The molecule has 2 heterocycles. The van der Waals surface area contributed by atoms with E-state index in [1.165, 1.54) is 11.1 Å². The van der Waals surface area contributed by atoms with E-state index < -0.39 is 0 Å². The molecule has 29 heavy (non-hydrogen) atoms. The monoisotopic (exact) mass is 386 g/mol. The first-order valence-electron chi connectivity index (χ1n) is 9.82. The Morgan fingerprint density at radius 3 is 2.66 bits per heavy atom. The van der Waals surface area contributed by atoms with Gasteiger partial charge in [-0.3, -0.25) is 9.69 Å². The molecule has 0 radical (unpaired) electrons. The first-order chi connectivity index (χ1) is 14.0. The van der Waals surface area contributed by atoms with Gasteiger partial charge >= 0.3 is 0 Å². The van der Waals surface area contributed by atoms with Gasteiger partial charge in [0.1, 0.15) is 5.82 Å². The summed E-state index contributed by atoms with van der Waals surface area (Å²) in [4.78, 5) is 21.5. The van der Waals surface area contributed by atoms with Crippen LogP contribution in [0.1, 0.15) is 27.0 Å². The summed E-state index contributed by atoms with van der Waals surface area (Å²) in [5, 5.41) is 3.02. The van der Waals surface area contributed by atoms with E-state index in [-0.39, 0.29) is 5.91 Å². The maximum Gasteiger partial charge on any atom is 0.253 e. The summed E-state index contributed by atoms with van der Waals surface area (Å²) < 4.78 is 0. The van der Waals surface area contributed by atoms with Crippen molar-refractivity contribution in [1.29, 1.82) is 0 Å². The van der Waals surface area contributed by atoms with Gasteiger partial charge in [-0.15, -0.1) is 0 Å². The number of hydrogen-bond acceptors (Lipinski definition) is 4. The van der Waals surface area contributed by atoms with Gasteiger partial charge < -0.3 is 10.2 Å². The van der Waals surface area contributed by atoms with Crippen LogP contribution in [0, 0.1) is 0 Å². The number of aromatic nitrogens is 1. The molecule has 0 bridgehead atoms. The van der Waals surface area contributed by atoms with Crippen molar-refractivity contribution in [2.45, 2.75) is 19.6 Å². The number of hydrogen-bond donors (Lipinski definition) is 1. The molecule has 5 heteroatoms. The molecule has 0 saturated carbocycles. The zero-order valence-corrected chi connectivity index (χ0v) is 17.1. The van der Waals surface area contributed by atoms with Crippen LogP contribution < -0.4 is 5.32 Å². The normalized spacial score (nSPS) is 13.2. The average molecular weight is 386 g/mol. The Morgan fingerprint density at radius 2 is 1.90 bits per heavy atom.